The summed E-state index contributed by atoms with van der Waals surface area (Å²) in [5.74, 6) is -1.41. The molecule has 2 N–H and O–H groups in total. The van der Waals surface area contributed by atoms with Gasteiger partial charge in [0.25, 0.3) is 11.8 Å². The first kappa shape index (κ1) is 37.4. The van der Waals surface area contributed by atoms with E-state index in [1.165, 1.54) is 29.1 Å². The highest BCUT2D eigenvalue weighted by atomic mass is 35.5. The van der Waals surface area contributed by atoms with E-state index in [1.807, 2.05) is 12.1 Å². The number of hydrogen-bond donors (Lipinski definition) is 2. The van der Waals surface area contributed by atoms with E-state index in [2.05, 4.69) is 31.2 Å². The number of methoxy groups -OCH3 is 2. The second kappa shape index (κ2) is 14.4. The molecule has 2 aliphatic carbocycles. The number of aryl methyl sites for hydroxylation is 2. The van der Waals surface area contributed by atoms with Crippen LogP contribution >= 0.6 is 11.6 Å². The zero-order valence-corrected chi connectivity index (χ0v) is 32.4. The van der Waals surface area contributed by atoms with E-state index in [0.717, 1.165) is 37.8 Å². The molecular weight excluding hydrogens is 718 g/mol. The van der Waals surface area contributed by atoms with Crippen LogP contribution in [0.15, 0.2) is 59.1 Å². The number of nitrogens with zero attached hydrogens (tertiary/aromatic N) is 4. The van der Waals surface area contributed by atoms with E-state index in [0.29, 0.717) is 30.5 Å². The average Bonchev–Trinajstić information content (AvgIpc) is 3.43. The summed E-state index contributed by atoms with van der Waals surface area (Å²) < 4.78 is 40.8. The molecular formula is C39H48ClN5O7S. The van der Waals surface area contributed by atoms with Crippen LogP contribution in [-0.4, -0.2) is 82.3 Å². The molecule has 1 fully saturated rings. The molecule has 14 heteroatoms. The standard InChI is InChI=1S/C39H48ClN5O7S/c1-24-21-53(49,43-36(47)30-20-44(3)41-37(30)51-5)42-35(46)26-9-13-34-32(18-26)45(19-27-8-11-29(27)33(50-4)14-16-38(24,2)48)22-39(23-52-34)15-6-7-25-17-28(40)10-12-31(25)39/h9-10,12-14,16-18,20,24,27,29,33,48H,6-8,11,15,19,21-23H2,1-5H3,(H,42,43,46,47,49)/b16-14+/t24-,27+,29-,33?,38-,39+,53?/m1/s1. The lowest BCUT2D eigenvalue weighted by molar-refractivity contribution is 0.0101. The SMILES string of the molecule is COc1nn(C)cc1C(=O)NS1(=O)=NC(=O)c2ccc3c(c2)N(C[C@@H]2CC[C@H]2C(OC)/C=C/[C@@](C)(O)[C@H](C)C1)C[C@@]1(CCCc2cc(Cl)ccc21)CO3. The molecule has 4 aliphatic rings. The Kier molecular flexibility index (Phi) is 10.2. The number of carbonyl (C=O) groups excluding carboxylic acids is 2. The van der Waals surface area contributed by atoms with E-state index in [1.54, 1.807) is 52.3 Å². The molecule has 2 aliphatic heterocycles. The van der Waals surface area contributed by atoms with Crippen LogP contribution in [0.25, 0.3) is 0 Å². The molecule has 0 radical (unpaired) electrons. The molecule has 1 saturated carbocycles. The number of fused-ring (bicyclic) bond motifs is 4. The first-order valence-corrected chi connectivity index (χ1v) is 20.2. The van der Waals surface area contributed by atoms with E-state index in [9.17, 15) is 18.9 Å². The van der Waals surface area contributed by atoms with Gasteiger partial charge in [0.05, 0.1) is 36.9 Å². The summed E-state index contributed by atoms with van der Waals surface area (Å²) in [6.45, 7) is 5.15. The van der Waals surface area contributed by atoms with E-state index in [-0.39, 0.29) is 46.1 Å². The predicted octanol–water partition coefficient (Wildman–Crippen LogP) is 5.51. The molecule has 0 saturated heterocycles. The third kappa shape index (κ3) is 7.33. The van der Waals surface area contributed by atoms with Crippen LogP contribution in [0.5, 0.6) is 11.6 Å². The molecule has 2 aromatic carbocycles. The molecule has 1 spiro atoms. The highest BCUT2D eigenvalue weighted by Gasteiger charge is 2.45. The number of amides is 2. The number of benzene rings is 2. The summed E-state index contributed by atoms with van der Waals surface area (Å²) in [4.78, 5) is 30.0. The smallest absolute Gasteiger partial charge is 0.286 e. The third-order valence-corrected chi connectivity index (χ3v) is 13.9. The fourth-order valence-corrected chi connectivity index (χ4v) is 10.6. The fraction of sp³-hybridized carbons (Fsp3) is 0.513. The molecule has 53 heavy (non-hydrogen) atoms. The van der Waals surface area contributed by atoms with E-state index in [4.69, 9.17) is 25.8 Å². The van der Waals surface area contributed by atoms with Gasteiger partial charge in [-0.3, -0.25) is 19.0 Å². The Morgan fingerprint density at radius 3 is 2.74 bits per heavy atom. The summed E-state index contributed by atoms with van der Waals surface area (Å²) in [7, 11) is 0.856. The van der Waals surface area contributed by atoms with Crippen LogP contribution < -0.4 is 19.1 Å². The van der Waals surface area contributed by atoms with Crippen molar-refractivity contribution in [2.45, 2.75) is 63.1 Å². The second-order valence-corrected chi connectivity index (χ2v) is 17.8. The van der Waals surface area contributed by atoms with Crippen molar-refractivity contribution >= 4 is 39.0 Å². The van der Waals surface area contributed by atoms with Crippen molar-refractivity contribution in [2.24, 2.45) is 29.2 Å². The quantitative estimate of drug-likeness (QED) is 0.329. The van der Waals surface area contributed by atoms with Crippen LogP contribution in [0.4, 0.5) is 5.69 Å². The predicted molar refractivity (Wildman–Crippen MR) is 203 cm³/mol. The lowest BCUT2D eigenvalue weighted by Crippen LogP contribution is -2.49. The number of anilines is 1. The fourth-order valence-electron chi connectivity index (χ4n) is 8.40. The zero-order chi connectivity index (χ0) is 37.7. The van der Waals surface area contributed by atoms with Gasteiger partial charge >= 0.3 is 0 Å². The molecule has 1 aromatic heterocycles. The van der Waals surface area contributed by atoms with Gasteiger partial charge < -0.3 is 24.2 Å². The maximum Gasteiger partial charge on any atom is 0.286 e. The Labute approximate surface area is 316 Å². The number of aliphatic hydroxyl groups is 1. The molecule has 2 unspecified atom stereocenters. The Bertz CT molecular complexity index is 2070. The van der Waals surface area contributed by atoms with Gasteiger partial charge in [-0.15, -0.1) is 9.46 Å². The number of nitrogens with one attached hydrogen (secondary N) is 1. The van der Waals surface area contributed by atoms with Crippen molar-refractivity contribution in [1.82, 2.24) is 14.5 Å². The highest BCUT2D eigenvalue weighted by Crippen LogP contribution is 2.47. The highest BCUT2D eigenvalue weighted by molar-refractivity contribution is 7.92. The summed E-state index contributed by atoms with van der Waals surface area (Å²) in [5.41, 5.74) is 1.67. The van der Waals surface area contributed by atoms with Gasteiger partial charge in [0.1, 0.15) is 21.2 Å². The number of carbonyl (C=O) groups is 2. The Balaban J connectivity index is 1.33. The van der Waals surface area contributed by atoms with Crippen molar-refractivity contribution < 1.29 is 33.1 Å². The van der Waals surface area contributed by atoms with Gasteiger partial charge in [0.2, 0.25) is 5.88 Å². The lowest BCUT2D eigenvalue weighted by Gasteiger charge is -2.46. The van der Waals surface area contributed by atoms with E-state index >= 15 is 0 Å². The van der Waals surface area contributed by atoms with Crippen LogP contribution in [-0.2, 0) is 33.5 Å². The van der Waals surface area contributed by atoms with Gasteiger partial charge in [0.15, 0.2) is 0 Å². The molecule has 12 nitrogen and oxygen atoms in total. The van der Waals surface area contributed by atoms with Crippen LogP contribution in [0.3, 0.4) is 0 Å². The first-order valence-electron chi connectivity index (χ1n) is 18.2. The maximum absolute atomic E-state index is 14.7. The molecule has 3 heterocycles. The van der Waals surface area contributed by atoms with Crippen molar-refractivity contribution in [1.29, 1.82) is 0 Å². The van der Waals surface area contributed by atoms with Gasteiger partial charge in [-0.1, -0.05) is 36.7 Å². The summed E-state index contributed by atoms with van der Waals surface area (Å²) in [6.07, 6.45) is 9.58. The molecule has 7 atom stereocenters. The minimum absolute atomic E-state index is 0.0303. The van der Waals surface area contributed by atoms with Crippen LogP contribution in [0.2, 0.25) is 5.02 Å². The maximum atomic E-state index is 14.7. The average molecular weight is 766 g/mol. The second-order valence-electron chi connectivity index (χ2n) is 15.3. The number of hydrogen-bond acceptors (Lipinski definition) is 9. The van der Waals surface area contributed by atoms with Gasteiger partial charge in [-0.25, -0.2) is 4.21 Å². The van der Waals surface area contributed by atoms with Gasteiger partial charge in [0, 0.05) is 55.4 Å². The summed E-state index contributed by atoms with van der Waals surface area (Å²) >= 11 is 6.46. The number of ether oxygens (including phenoxy) is 3. The third-order valence-electron chi connectivity index (χ3n) is 11.7. The summed E-state index contributed by atoms with van der Waals surface area (Å²) in [5, 5.41) is 16.5. The molecule has 3 aromatic rings. The topological polar surface area (TPSA) is 145 Å². The van der Waals surface area contributed by atoms with Crippen molar-refractivity contribution in [3.05, 3.63) is 82.0 Å². The monoisotopic (exact) mass is 765 g/mol. The Morgan fingerprint density at radius 2 is 2.00 bits per heavy atom. The first-order chi connectivity index (χ1) is 25.2. The van der Waals surface area contributed by atoms with Crippen molar-refractivity contribution in [3.8, 4) is 11.6 Å². The normalized spacial score (nSPS) is 31.9. The largest absolute Gasteiger partial charge is 0.490 e. The molecule has 284 valence electrons. The molecule has 7 rings (SSSR count). The van der Waals surface area contributed by atoms with Gasteiger partial charge in [-0.05, 0) is 92.3 Å². The minimum Gasteiger partial charge on any atom is -0.490 e. The van der Waals surface area contributed by atoms with Crippen LogP contribution in [0.1, 0.15) is 71.4 Å². The van der Waals surface area contributed by atoms with Gasteiger partial charge in [-0.2, -0.15) is 0 Å². The number of halogens is 1. The lowest BCUT2D eigenvalue weighted by atomic mass is 9.68. The molecule has 2 amide bonds. The summed E-state index contributed by atoms with van der Waals surface area (Å²) in [6, 6.07) is 11.3. The van der Waals surface area contributed by atoms with E-state index < -0.39 is 33.2 Å². The Hall–Kier alpha value is -3.91. The number of aromatic nitrogens is 2. The van der Waals surface area contributed by atoms with Crippen LogP contribution in [0, 0.1) is 17.8 Å². The Morgan fingerprint density at radius 1 is 1.19 bits per heavy atom. The van der Waals surface area contributed by atoms with Crippen molar-refractivity contribution in [3.63, 3.8) is 0 Å². The zero-order valence-electron chi connectivity index (χ0n) is 30.8. The minimum atomic E-state index is -3.82. The van der Waals surface area contributed by atoms with Crippen molar-refractivity contribution in [2.75, 3.05) is 44.6 Å². The molecule has 2 bridgehead atoms. The number of rotatable bonds is 4.